The van der Waals surface area contributed by atoms with Crippen LogP contribution in [0.5, 0.6) is 11.5 Å². The van der Waals surface area contributed by atoms with E-state index >= 15 is 0 Å². The van der Waals surface area contributed by atoms with Gasteiger partial charge < -0.3 is 14.8 Å². The minimum absolute atomic E-state index is 0.0496. The lowest BCUT2D eigenvalue weighted by molar-refractivity contribution is -0.385. The van der Waals surface area contributed by atoms with E-state index in [0.29, 0.717) is 23.6 Å². The molecule has 0 amide bonds. The Morgan fingerprint density at radius 2 is 2.13 bits per heavy atom. The molecular formula is C9H10N2O4. The highest BCUT2D eigenvalue weighted by Gasteiger charge is 2.22. The number of nitrogens with zero attached hydrogens (tertiary/aromatic N) is 1. The van der Waals surface area contributed by atoms with Gasteiger partial charge in [0.2, 0.25) is 6.79 Å². The fraction of sp³-hybridized carbons (Fsp3) is 0.333. The molecule has 2 rings (SSSR count). The monoisotopic (exact) mass is 210 g/mol. The Morgan fingerprint density at radius 3 is 2.73 bits per heavy atom. The lowest BCUT2D eigenvalue weighted by Crippen LogP contribution is -2.07. The molecule has 15 heavy (non-hydrogen) atoms. The average molecular weight is 210 g/mol. The van der Waals surface area contributed by atoms with Crippen LogP contribution in [0.2, 0.25) is 0 Å². The van der Waals surface area contributed by atoms with Gasteiger partial charge in [0.05, 0.1) is 11.0 Å². The Labute approximate surface area is 86.0 Å². The largest absolute Gasteiger partial charge is 0.454 e. The van der Waals surface area contributed by atoms with E-state index < -0.39 is 4.92 Å². The Kier molecular flexibility index (Phi) is 2.42. The maximum Gasteiger partial charge on any atom is 0.277 e. The number of rotatable bonds is 3. The molecule has 0 saturated heterocycles. The third-order valence-electron chi connectivity index (χ3n) is 2.14. The van der Waals surface area contributed by atoms with Gasteiger partial charge in [-0.05, 0) is 13.1 Å². The average Bonchev–Trinajstić information content (AvgIpc) is 2.63. The second-order valence-corrected chi connectivity index (χ2v) is 3.12. The Morgan fingerprint density at radius 1 is 1.47 bits per heavy atom. The SMILES string of the molecule is CNCc1cc2c(cc1[N+](=O)[O-])OCO2. The molecule has 0 aromatic heterocycles. The van der Waals surface area contributed by atoms with Crippen molar-refractivity contribution in [2.24, 2.45) is 0 Å². The molecule has 1 aliphatic heterocycles. The van der Waals surface area contributed by atoms with E-state index in [4.69, 9.17) is 9.47 Å². The molecule has 0 unspecified atom stereocenters. The van der Waals surface area contributed by atoms with Gasteiger partial charge in [-0.1, -0.05) is 0 Å². The van der Waals surface area contributed by atoms with Crippen molar-refractivity contribution in [2.45, 2.75) is 6.54 Å². The van der Waals surface area contributed by atoms with Crippen LogP contribution in [0.15, 0.2) is 12.1 Å². The van der Waals surface area contributed by atoms with Crippen LogP contribution < -0.4 is 14.8 Å². The fourth-order valence-corrected chi connectivity index (χ4v) is 1.48. The first-order valence-electron chi connectivity index (χ1n) is 4.44. The van der Waals surface area contributed by atoms with Crippen LogP contribution >= 0.6 is 0 Å². The highest BCUT2D eigenvalue weighted by atomic mass is 16.7. The van der Waals surface area contributed by atoms with Crippen LogP contribution in [-0.2, 0) is 6.54 Å². The zero-order chi connectivity index (χ0) is 10.8. The molecular weight excluding hydrogens is 200 g/mol. The number of nitro groups is 1. The van der Waals surface area contributed by atoms with Crippen molar-refractivity contribution in [2.75, 3.05) is 13.8 Å². The lowest BCUT2D eigenvalue weighted by atomic mass is 10.1. The first kappa shape index (κ1) is 9.72. The lowest BCUT2D eigenvalue weighted by Gasteiger charge is -2.03. The van der Waals surface area contributed by atoms with Crippen LogP contribution in [0.1, 0.15) is 5.56 Å². The molecule has 0 fully saturated rings. The Balaban J connectivity index is 2.47. The number of nitrogens with one attached hydrogen (secondary N) is 1. The minimum Gasteiger partial charge on any atom is -0.454 e. The molecule has 1 N–H and O–H groups in total. The van der Waals surface area contributed by atoms with Crippen molar-refractivity contribution in [3.8, 4) is 11.5 Å². The first-order valence-corrected chi connectivity index (χ1v) is 4.44. The summed E-state index contributed by atoms with van der Waals surface area (Å²) in [6.45, 7) is 0.544. The second-order valence-electron chi connectivity index (χ2n) is 3.12. The third-order valence-corrected chi connectivity index (χ3v) is 2.14. The van der Waals surface area contributed by atoms with Crippen LogP contribution in [0.25, 0.3) is 0 Å². The summed E-state index contributed by atoms with van der Waals surface area (Å²) in [5, 5.41) is 13.6. The first-order chi connectivity index (χ1) is 7.22. The molecule has 1 aromatic carbocycles. The van der Waals surface area contributed by atoms with Crippen molar-refractivity contribution in [3.05, 3.63) is 27.8 Å². The van der Waals surface area contributed by atoms with E-state index in [0.717, 1.165) is 0 Å². The van der Waals surface area contributed by atoms with Gasteiger partial charge in [0.25, 0.3) is 5.69 Å². The molecule has 0 atom stereocenters. The molecule has 6 nitrogen and oxygen atoms in total. The number of hydrogen-bond donors (Lipinski definition) is 1. The smallest absolute Gasteiger partial charge is 0.277 e. The fourth-order valence-electron chi connectivity index (χ4n) is 1.48. The van der Waals surface area contributed by atoms with Crippen molar-refractivity contribution < 1.29 is 14.4 Å². The maximum atomic E-state index is 10.8. The van der Waals surface area contributed by atoms with Crippen LogP contribution in [0, 0.1) is 10.1 Å². The Hall–Kier alpha value is -1.82. The van der Waals surface area contributed by atoms with Gasteiger partial charge in [-0.15, -0.1) is 0 Å². The number of fused-ring (bicyclic) bond motifs is 1. The highest BCUT2D eigenvalue weighted by molar-refractivity contribution is 5.55. The van der Waals surface area contributed by atoms with Crippen LogP contribution in [-0.4, -0.2) is 18.8 Å². The van der Waals surface area contributed by atoms with E-state index in [9.17, 15) is 10.1 Å². The second kappa shape index (κ2) is 3.74. The van der Waals surface area contributed by atoms with Gasteiger partial charge >= 0.3 is 0 Å². The predicted octanol–water partition coefficient (Wildman–Crippen LogP) is 1.04. The molecule has 0 saturated carbocycles. The standard InChI is InChI=1S/C9H10N2O4/c1-10-4-6-2-8-9(15-5-14-8)3-7(6)11(12)13/h2-3,10H,4-5H2,1H3. The van der Waals surface area contributed by atoms with E-state index in [1.807, 2.05) is 0 Å². The van der Waals surface area contributed by atoms with E-state index in [1.54, 1.807) is 13.1 Å². The van der Waals surface area contributed by atoms with Crippen molar-refractivity contribution >= 4 is 5.69 Å². The summed E-state index contributed by atoms with van der Waals surface area (Å²) in [7, 11) is 1.73. The molecule has 1 aliphatic rings. The van der Waals surface area contributed by atoms with Gasteiger partial charge in [0, 0.05) is 12.1 Å². The van der Waals surface area contributed by atoms with Crippen molar-refractivity contribution in [3.63, 3.8) is 0 Å². The highest BCUT2D eigenvalue weighted by Crippen LogP contribution is 2.37. The van der Waals surface area contributed by atoms with E-state index in [1.165, 1.54) is 6.07 Å². The molecule has 0 radical (unpaired) electrons. The zero-order valence-corrected chi connectivity index (χ0v) is 8.15. The van der Waals surface area contributed by atoms with Gasteiger partial charge in [0.1, 0.15) is 0 Å². The molecule has 6 heteroatoms. The number of benzene rings is 1. The summed E-state index contributed by atoms with van der Waals surface area (Å²) >= 11 is 0. The van der Waals surface area contributed by atoms with E-state index in [2.05, 4.69) is 5.32 Å². The van der Waals surface area contributed by atoms with Gasteiger partial charge in [-0.25, -0.2) is 0 Å². The van der Waals surface area contributed by atoms with Gasteiger partial charge in [0.15, 0.2) is 11.5 Å². The van der Waals surface area contributed by atoms with Crippen molar-refractivity contribution in [1.29, 1.82) is 0 Å². The van der Waals surface area contributed by atoms with E-state index in [-0.39, 0.29) is 12.5 Å². The minimum atomic E-state index is -0.422. The molecule has 1 heterocycles. The van der Waals surface area contributed by atoms with Gasteiger partial charge in [-0.2, -0.15) is 0 Å². The molecule has 80 valence electrons. The summed E-state index contributed by atoms with van der Waals surface area (Å²) in [6.07, 6.45) is 0. The number of hydrogen-bond acceptors (Lipinski definition) is 5. The molecule has 0 bridgehead atoms. The normalized spacial score (nSPS) is 12.9. The summed E-state index contributed by atoms with van der Waals surface area (Å²) in [4.78, 5) is 10.4. The Bertz CT molecular complexity index is 405. The number of ether oxygens (including phenoxy) is 2. The van der Waals surface area contributed by atoms with Crippen LogP contribution in [0.3, 0.4) is 0 Å². The quantitative estimate of drug-likeness (QED) is 0.596. The third kappa shape index (κ3) is 1.71. The molecule has 0 aliphatic carbocycles. The predicted molar refractivity (Wildman–Crippen MR) is 52.0 cm³/mol. The molecule has 1 aromatic rings. The summed E-state index contributed by atoms with van der Waals surface area (Å²) < 4.78 is 10.2. The van der Waals surface area contributed by atoms with Crippen LogP contribution in [0.4, 0.5) is 5.69 Å². The molecule has 0 spiro atoms. The summed E-state index contributed by atoms with van der Waals surface area (Å²) in [6, 6.07) is 3.03. The topological polar surface area (TPSA) is 73.6 Å². The summed E-state index contributed by atoms with van der Waals surface area (Å²) in [5.74, 6) is 0.993. The zero-order valence-electron chi connectivity index (χ0n) is 8.15. The summed E-state index contributed by atoms with van der Waals surface area (Å²) in [5.41, 5.74) is 0.639. The van der Waals surface area contributed by atoms with Crippen molar-refractivity contribution in [1.82, 2.24) is 5.32 Å². The van der Waals surface area contributed by atoms with Gasteiger partial charge in [-0.3, -0.25) is 10.1 Å². The maximum absolute atomic E-state index is 10.8. The number of nitro benzene ring substituents is 1.